The van der Waals surface area contributed by atoms with Gasteiger partial charge in [0.1, 0.15) is 0 Å². The van der Waals surface area contributed by atoms with Crippen molar-refractivity contribution in [3.63, 3.8) is 0 Å². The lowest BCUT2D eigenvalue weighted by Crippen LogP contribution is -2.38. The minimum atomic E-state index is -0.385. The minimum absolute atomic E-state index is 0.134. The highest BCUT2D eigenvalue weighted by molar-refractivity contribution is 6.17. The number of nitrogens with zero attached hydrogens (tertiary/aromatic N) is 4. The fourth-order valence-corrected chi connectivity index (χ4v) is 10.4. The van der Waals surface area contributed by atoms with E-state index in [1.54, 1.807) is 0 Å². The zero-order valence-electron chi connectivity index (χ0n) is 33.6. The van der Waals surface area contributed by atoms with Gasteiger partial charge in [-0.25, -0.2) is 0 Å². The van der Waals surface area contributed by atoms with E-state index in [0.717, 1.165) is 5.69 Å². The van der Waals surface area contributed by atoms with Gasteiger partial charge < -0.3 is 14.0 Å². The first-order chi connectivity index (χ1) is 28.8. The maximum Gasteiger partial charge on any atom is 0.0951 e. The summed E-state index contributed by atoms with van der Waals surface area (Å²) in [4.78, 5) is 7.48. The van der Waals surface area contributed by atoms with Crippen LogP contribution in [0, 0.1) is 0 Å². The van der Waals surface area contributed by atoms with Gasteiger partial charge in [0.15, 0.2) is 0 Å². The lowest BCUT2D eigenvalue weighted by atomic mass is 9.70. The zero-order valence-corrected chi connectivity index (χ0v) is 33.6. The van der Waals surface area contributed by atoms with Gasteiger partial charge in [0.25, 0.3) is 0 Å². The molecule has 0 fully saturated rings. The molecule has 0 atom stereocenters. The molecule has 0 bridgehead atoms. The van der Waals surface area contributed by atoms with E-state index in [1.165, 1.54) is 99.6 Å². The summed E-state index contributed by atoms with van der Waals surface area (Å²) in [5.74, 6) is 0. The number of anilines is 2. The maximum atomic E-state index is 5.16. The van der Waals surface area contributed by atoms with Gasteiger partial charge in [-0.05, 0) is 108 Å². The maximum absolute atomic E-state index is 5.16. The Hall–Kier alpha value is -7.17. The second-order valence-corrected chi connectivity index (χ2v) is 17.2. The van der Waals surface area contributed by atoms with E-state index < -0.39 is 0 Å². The van der Waals surface area contributed by atoms with Gasteiger partial charge in [0.2, 0.25) is 0 Å². The van der Waals surface area contributed by atoms with Crippen LogP contribution in [0.4, 0.5) is 11.4 Å². The zero-order chi connectivity index (χ0) is 39.6. The number of fused-ring (bicyclic) bond motifs is 8. The number of hydrogen-bond donors (Lipinski definition) is 0. The third kappa shape index (κ3) is 4.74. The van der Waals surface area contributed by atoms with Gasteiger partial charge in [-0.3, -0.25) is 4.99 Å². The van der Waals surface area contributed by atoms with Gasteiger partial charge in [0.05, 0.1) is 45.3 Å². The number of rotatable bonds is 4. The van der Waals surface area contributed by atoms with Crippen molar-refractivity contribution in [1.82, 2.24) is 9.13 Å². The van der Waals surface area contributed by atoms with Crippen LogP contribution in [0.2, 0.25) is 0 Å². The minimum Gasteiger partial charge on any atom is -0.309 e. The molecule has 282 valence electrons. The predicted octanol–water partition coefficient (Wildman–Crippen LogP) is 14.3. The topological polar surface area (TPSA) is 25.5 Å². The monoisotopic (exact) mass is 758 g/mol. The SMILES string of the molecule is CC1(C)N=CN2c3ccccc3C(C)(C)c3ccc(-c4ccc(-n5c6ccccc6c6cc(-c7cccc8c7c7ccccc7n8-c7ccccc7)ccc65)cc4)c1c32. The number of aromatic nitrogens is 2. The fraction of sp³-hybridized carbons (Fsp3) is 0.109. The first-order valence-electron chi connectivity index (χ1n) is 20.6. The van der Waals surface area contributed by atoms with Crippen LogP contribution in [0.15, 0.2) is 181 Å². The molecule has 0 N–H and O–H groups in total. The van der Waals surface area contributed by atoms with E-state index in [4.69, 9.17) is 4.99 Å². The molecule has 4 heterocycles. The van der Waals surface area contributed by atoms with Crippen LogP contribution in [0.1, 0.15) is 44.4 Å². The molecule has 4 heteroatoms. The van der Waals surface area contributed by atoms with E-state index in [1.807, 2.05) is 6.34 Å². The molecule has 0 saturated carbocycles. The van der Waals surface area contributed by atoms with Crippen molar-refractivity contribution in [3.05, 3.63) is 193 Å². The van der Waals surface area contributed by atoms with Crippen LogP contribution >= 0.6 is 0 Å². The lowest BCUT2D eigenvalue weighted by molar-refractivity contribution is 0.547. The summed E-state index contributed by atoms with van der Waals surface area (Å²) in [6, 6.07) is 64.7. The molecule has 59 heavy (non-hydrogen) atoms. The highest BCUT2D eigenvalue weighted by Crippen LogP contribution is 2.55. The van der Waals surface area contributed by atoms with E-state index in [0.29, 0.717) is 0 Å². The molecular formula is C55H42N4. The van der Waals surface area contributed by atoms with E-state index in [-0.39, 0.29) is 11.0 Å². The van der Waals surface area contributed by atoms with Crippen LogP contribution < -0.4 is 4.90 Å². The molecule has 0 amide bonds. The Morgan fingerprint density at radius 3 is 1.88 bits per heavy atom. The van der Waals surface area contributed by atoms with Crippen molar-refractivity contribution < 1.29 is 0 Å². The van der Waals surface area contributed by atoms with Crippen molar-refractivity contribution in [2.24, 2.45) is 4.99 Å². The molecule has 0 aliphatic carbocycles. The normalized spacial score (nSPS) is 14.9. The summed E-state index contributed by atoms with van der Waals surface area (Å²) < 4.78 is 4.82. The van der Waals surface area contributed by atoms with Crippen LogP contribution in [0.5, 0.6) is 0 Å². The molecule has 2 aliphatic heterocycles. The van der Waals surface area contributed by atoms with E-state index in [9.17, 15) is 0 Å². The number of hydrogen-bond acceptors (Lipinski definition) is 2. The molecule has 0 unspecified atom stereocenters. The van der Waals surface area contributed by atoms with Gasteiger partial charge in [0, 0.05) is 43.9 Å². The number of benzene rings is 8. The molecule has 2 aliphatic rings. The summed E-state index contributed by atoms with van der Waals surface area (Å²) >= 11 is 0. The van der Waals surface area contributed by atoms with E-state index in [2.05, 4.69) is 218 Å². The summed E-state index contributed by atoms with van der Waals surface area (Å²) in [6.07, 6.45) is 2.05. The van der Waals surface area contributed by atoms with Crippen LogP contribution in [0.25, 0.3) is 77.2 Å². The quantitative estimate of drug-likeness (QED) is 0.175. The molecule has 8 aromatic carbocycles. The van der Waals surface area contributed by atoms with Crippen LogP contribution in [-0.2, 0) is 11.0 Å². The average molecular weight is 759 g/mol. The van der Waals surface area contributed by atoms with Gasteiger partial charge in [-0.15, -0.1) is 0 Å². The third-order valence-electron chi connectivity index (χ3n) is 13.2. The third-order valence-corrected chi connectivity index (χ3v) is 13.2. The van der Waals surface area contributed by atoms with Crippen molar-refractivity contribution in [1.29, 1.82) is 0 Å². The van der Waals surface area contributed by atoms with Gasteiger partial charge in [-0.2, -0.15) is 0 Å². The van der Waals surface area contributed by atoms with Crippen molar-refractivity contribution >= 4 is 61.3 Å². The first-order valence-corrected chi connectivity index (χ1v) is 20.6. The number of para-hydroxylation sites is 4. The molecule has 10 aromatic rings. The molecule has 12 rings (SSSR count). The van der Waals surface area contributed by atoms with Gasteiger partial charge >= 0.3 is 0 Å². The first kappa shape index (κ1) is 33.9. The predicted molar refractivity (Wildman–Crippen MR) is 248 cm³/mol. The Bertz CT molecular complexity index is 3380. The molecule has 4 nitrogen and oxygen atoms in total. The van der Waals surface area contributed by atoms with Crippen molar-refractivity contribution in [3.8, 4) is 33.6 Å². The average Bonchev–Trinajstić information content (AvgIpc) is 3.79. The molecular weight excluding hydrogens is 717 g/mol. The van der Waals surface area contributed by atoms with Crippen molar-refractivity contribution in [2.45, 2.75) is 38.6 Å². The molecule has 0 saturated heterocycles. The van der Waals surface area contributed by atoms with Crippen molar-refractivity contribution in [2.75, 3.05) is 4.90 Å². The Labute approximate surface area is 343 Å². The Balaban J connectivity index is 0.996. The Kier molecular flexibility index (Phi) is 7.00. The smallest absolute Gasteiger partial charge is 0.0951 e. The highest BCUT2D eigenvalue weighted by Gasteiger charge is 2.42. The van der Waals surface area contributed by atoms with Crippen LogP contribution in [-0.4, -0.2) is 15.5 Å². The van der Waals surface area contributed by atoms with Crippen LogP contribution in [0.3, 0.4) is 0 Å². The Morgan fingerprint density at radius 2 is 1.07 bits per heavy atom. The summed E-state index contributed by atoms with van der Waals surface area (Å²) in [5, 5.41) is 5.02. The standard InChI is InChI=1S/C55H42N4/c1-54(2)44-20-10-13-23-49(44)57-34-56-55(3,4)52-40(30-31-45(54)53(52)57)35-25-28-38(29-26-35)58-46-21-11-8-17-41(46)43-33-36(27-32-48(43)58)39-19-14-24-50-51(39)42-18-9-12-22-47(42)59(50)37-15-6-5-7-16-37/h5-34H,1-4H3. The molecule has 2 aromatic heterocycles. The number of aliphatic imine (C=N–C) groups is 1. The molecule has 0 radical (unpaired) electrons. The molecule has 0 spiro atoms. The fourth-order valence-electron chi connectivity index (χ4n) is 10.4. The summed E-state index contributed by atoms with van der Waals surface area (Å²) in [6.45, 7) is 9.20. The summed E-state index contributed by atoms with van der Waals surface area (Å²) in [5.41, 5.74) is 17.9. The lowest BCUT2D eigenvalue weighted by Gasteiger charge is -2.45. The second kappa shape index (κ2) is 12.2. The highest BCUT2D eigenvalue weighted by atomic mass is 15.2. The second-order valence-electron chi connectivity index (χ2n) is 17.2. The largest absolute Gasteiger partial charge is 0.309 e. The van der Waals surface area contributed by atoms with E-state index >= 15 is 0 Å². The Morgan fingerprint density at radius 1 is 0.441 bits per heavy atom. The summed E-state index contributed by atoms with van der Waals surface area (Å²) in [7, 11) is 0. The van der Waals surface area contributed by atoms with Gasteiger partial charge in [-0.1, -0.05) is 129 Å².